The van der Waals surface area contributed by atoms with E-state index in [0.29, 0.717) is 23.5 Å². The maximum Gasteiger partial charge on any atom is 0.357 e. The van der Waals surface area contributed by atoms with Gasteiger partial charge in [0.25, 0.3) is 10.0 Å². The number of carbonyl (C=O) groups is 2. The van der Waals surface area contributed by atoms with E-state index in [1.54, 1.807) is 0 Å². The number of ketones is 1. The summed E-state index contributed by atoms with van der Waals surface area (Å²) in [7, 11) is -4.66. The predicted molar refractivity (Wildman–Crippen MR) is 95.6 cm³/mol. The van der Waals surface area contributed by atoms with Gasteiger partial charge in [0.1, 0.15) is 28.1 Å². The molecule has 28 heavy (non-hydrogen) atoms. The summed E-state index contributed by atoms with van der Waals surface area (Å²) in [6.07, 6.45) is -0.564. The van der Waals surface area contributed by atoms with Gasteiger partial charge >= 0.3 is 5.97 Å². The molecule has 0 atom stereocenters. The molecule has 2 aromatic rings. The molecule has 0 saturated heterocycles. The first-order chi connectivity index (χ1) is 13.0. The van der Waals surface area contributed by atoms with Gasteiger partial charge < -0.3 is 16.6 Å². The molecule has 0 fully saturated rings. The highest BCUT2D eigenvalue weighted by atomic mass is 32.2. The Bertz CT molecular complexity index is 1060. The highest BCUT2D eigenvalue weighted by Gasteiger charge is 2.25. The number of benzene rings is 1. The number of guanidine groups is 1. The third-order valence-electron chi connectivity index (χ3n) is 3.21. The summed E-state index contributed by atoms with van der Waals surface area (Å²) in [5.74, 6) is -4.96. The lowest BCUT2D eigenvalue weighted by molar-refractivity contribution is -0.117. The zero-order chi connectivity index (χ0) is 21.1. The Labute approximate surface area is 161 Å². The Morgan fingerprint density at radius 3 is 2.54 bits per heavy atom. The van der Waals surface area contributed by atoms with Crippen LogP contribution in [0.25, 0.3) is 0 Å². The van der Waals surface area contributed by atoms with Gasteiger partial charge in [-0.3, -0.25) is 9.52 Å². The third-order valence-corrected chi connectivity index (χ3v) is 5.45. The van der Waals surface area contributed by atoms with Crippen molar-refractivity contribution >= 4 is 44.1 Å². The van der Waals surface area contributed by atoms with Gasteiger partial charge in [0.2, 0.25) is 0 Å². The highest BCUT2D eigenvalue weighted by molar-refractivity contribution is 7.93. The zero-order valence-corrected chi connectivity index (χ0v) is 15.5. The van der Waals surface area contributed by atoms with Crippen LogP contribution in [0.5, 0.6) is 0 Å². The van der Waals surface area contributed by atoms with Gasteiger partial charge in [0.15, 0.2) is 17.4 Å². The van der Waals surface area contributed by atoms with Crippen molar-refractivity contribution in [3.05, 3.63) is 40.5 Å². The van der Waals surface area contributed by atoms with Crippen LogP contribution >= 0.6 is 11.3 Å². The summed E-state index contributed by atoms with van der Waals surface area (Å²) in [5.41, 5.74) is 10.2. The van der Waals surface area contributed by atoms with Crippen LogP contribution in [0, 0.1) is 11.6 Å². The van der Waals surface area contributed by atoms with Crippen LogP contribution in [0.1, 0.15) is 16.1 Å². The molecule has 0 spiro atoms. The summed E-state index contributed by atoms with van der Waals surface area (Å²) in [4.78, 5) is 28.5. The van der Waals surface area contributed by atoms with E-state index in [2.05, 4.69) is 9.98 Å². The fourth-order valence-electron chi connectivity index (χ4n) is 2.01. The molecule has 0 unspecified atom stereocenters. The number of carboxylic acids is 1. The van der Waals surface area contributed by atoms with Gasteiger partial charge in [-0.1, -0.05) is 0 Å². The smallest absolute Gasteiger partial charge is 0.357 e. The number of aromatic nitrogens is 1. The first kappa shape index (κ1) is 21.2. The molecule has 0 aliphatic rings. The van der Waals surface area contributed by atoms with E-state index in [1.165, 1.54) is 0 Å². The van der Waals surface area contributed by atoms with E-state index in [1.807, 2.05) is 4.72 Å². The molecule has 0 radical (unpaired) electrons. The minimum absolute atomic E-state index is 0.351. The van der Waals surface area contributed by atoms with Gasteiger partial charge in [-0.25, -0.2) is 32.0 Å². The lowest BCUT2D eigenvalue weighted by Crippen LogP contribution is -2.24. The van der Waals surface area contributed by atoms with Crippen LogP contribution in [0.2, 0.25) is 0 Å². The molecule has 0 bridgehead atoms. The van der Waals surface area contributed by atoms with Gasteiger partial charge in [-0.2, -0.15) is 0 Å². The molecular weight excluding hydrogens is 420 g/mol. The number of sulfonamides is 1. The highest BCUT2D eigenvalue weighted by Crippen LogP contribution is 2.26. The number of hydrogen-bond donors (Lipinski definition) is 4. The molecule has 0 amide bonds. The van der Waals surface area contributed by atoms with Gasteiger partial charge in [0.05, 0.1) is 5.51 Å². The van der Waals surface area contributed by atoms with Crippen molar-refractivity contribution in [2.45, 2.75) is 11.3 Å². The number of halogens is 2. The number of aliphatic imine (C=N–C) groups is 1. The van der Waals surface area contributed by atoms with Crippen molar-refractivity contribution in [2.75, 3.05) is 11.3 Å². The van der Waals surface area contributed by atoms with Gasteiger partial charge in [-0.15, -0.1) is 11.3 Å². The molecule has 0 aliphatic carbocycles. The van der Waals surface area contributed by atoms with Crippen LogP contribution < -0.4 is 16.2 Å². The summed E-state index contributed by atoms with van der Waals surface area (Å²) in [5, 5.41) is 8.57. The number of nitrogens with zero attached hydrogens (tertiary/aromatic N) is 2. The average Bonchev–Trinajstić information content (AvgIpc) is 3.03. The van der Waals surface area contributed by atoms with Gasteiger partial charge in [0, 0.05) is 6.42 Å². The van der Waals surface area contributed by atoms with Crippen molar-refractivity contribution in [1.29, 1.82) is 0 Å². The normalized spacial score (nSPS) is 11.1. The van der Waals surface area contributed by atoms with Crippen molar-refractivity contribution in [1.82, 2.24) is 4.98 Å². The molecule has 14 heteroatoms. The number of rotatable bonds is 8. The largest absolute Gasteiger partial charge is 0.476 e. The molecule has 1 heterocycles. The van der Waals surface area contributed by atoms with Crippen LogP contribution in [-0.2, 0) is 21.2 Å². The molecule has 2 rings (SSSR count). The summed E-state index contributed by atoms with van der Waals surface area (Å²) >= 11 is 0.653. The molecule has 6 N–H and O–H groups in total. The zero-order valence-electron chi connectivity index (χ0n) is 13.8. The number of carbonyl (C=O) groups excluding carboxylic acids is 1. The Morgan fingerprint density at radius 1 is 1.25 bits per heavy atom. The van der Waals surface area contributed by atoms with Crippen LogP contribution in [0.4, 0.5) is 13.8 Å². The van der Waals surface area contributed by atoms with Crippen LogP contribution in [-0.4, -0.2) is 42.8 Å². The maximum atomic E-state index is 14.3. The molecule has 1 aromatic carbocycles. The van der Waals surface area contributed by atoms with Crippen molar-refractivity contribution in [3.63, 3.8) is 0 Å². The van der Waals surface area contributed by atoms with E-state index < -0.39 is 62.5 Å². The number of nitrogens with one attached hydrogen (secondary N) is 1. The van der Waals surface area contributed by atoms with E-state index in [9.17, 15) is 26.8 Å². The first-order valence-corrected chi connectivity index (χ1v) is 9.62. The molecule has 1 aromatic heterocycles. The fourth-order valence-corrected chi connectivity index (χ4v) is 4.07. The Hall–Kier alpha value is -3.13. The van der Waals surface area contributed by atoms with E-state index >= 15 is 0 Å². The molecule has 0 saturated carbocycles. The molecule has 150 valence electrons. The van der Waals surface area contributed by atoms with E-state index in [4.69, 9.17) is 16.6 Å². The lowest BCUT2D eigenvalue weighted by Gasteiger charge is -2.10. The number of Topliss-reactive ketones (excluding diaryl/α,β-unsaturated/α-hetero) is 1. The Morgan fingerprint density at radius 2 is 1.93 bits per heavy atom. The monoisotopic (exact) mass is 433 g/mol. The van der Waals surface area contributed by atoms with E-state index in [0.717, 1.165) is 5.51 Å². The second-order valence-corrected chi connectivity index (χ2v) is 7.78. The third kappa shape index (κ3) is 4.98. The standard InChI is InChI=1S/C14H13F2N5O5S2/c15-8-3-10(9(16)2-6(8)1-7(22)4-19-14(17)18)28(25,26)21-12-11(13(23)24)20-5-27-12/h2-3,5,21H,1,4H2,(H,23,24)(H4,17,18,19). The molecule has 0 aliphatic heterocycles. The number of thiazole rings is 1. The lowest BCUT2D eigenvalue weighted by atomic mass is 10.1. The Balaban J connectivity index is 2.30. The second kappa shape index (κ2) is 8.26. The Kier molecular flexibility index (Phi) is 6.25. The number of hydrogen-bond acceptors (Lipinski definition) is 7. The summed E-state index contributed by atoms with van der Waals surface area (Å²) in [6.45, 7) is -0.450. The maximum absolute atomic E-state index is 14.3. The van der Waals surface area contributed by atoms with Crippen molar-refractivity contribution in [2.24, 2.45) is 16.5 Å². The predicted octanol–water partition coefficient (Wildman–Crippen LogP) is 0.305. The number of aromatic carboxylic acids is 1. The number of carboxylic acid groups (broad SMARTS) is 1. The second-order valence-electron chi connectivity index (χ2n) is 5.27. The minimum Gasteiger partial charge on any atom is -0.476 e. The first-order valence-electron chi connectivity index (χ1n) is 7.26. The van der Waals surface area contributed by atoms with E-state index in [-0.39, 0.29) is 11.0 Å². The van der Waals surface area contributed by atoms with Crippen LogP contribution in [0.3, 0.4) is 0 Å². The summed E-state index contributed by atoms with van der Waals surface area (Å²) in [6, 6.07) is 0.949. The number of nitrogens with two attached hydrogens (primary N) is 2. The molecule has 10 nitrogen and oxygen atoms in total. The topological polar surface area (TPSA) is 178 Å². The van der Waals surface area contributed by atoms with Crippen LogP contribution in [0.15, 0.2) is 27.5 Å². The quantitative estimate of drug-likeness (QED) is 0.339. The number of anilines is 1. The van der Waals surface area contributed by atoms with Crippen molar-refractivity contribution < 1.29 is 31.9 Å². The van der Waals surface area contributed by atoms with Gasteiger partial charge in [-0.05, 0) is 17.7 Å². The average molecular weight is 433 g/mol. The fraction of sp³-hybridized carbons (Fsp3) is 0.143. The molecular formula is C14H13F2N5O5S2. The van der Waals surface area contributed by atoms with Crippen molar-refractivity contribution in [3.8, 4) is 0 Å². The minimum atomic E-state index is -4.66. The SMILES string of the molecule is NC(N)=NCC(=O)Cc1cc(F)c(S(=O)(=O)Nc2scnc2C(=O)O)cc1F. The summed E-state index contributed by atoms with van der Waals surface area (Å²) < 4.78 is 55.0.